The van der Waals surface area contributed by atoms with Crippen LogP contribution in [0.2, 0.25) is 0 Å². The van der Waals surface area contributed by atoms with Gasteiger partial charge >= 0.3 is 0 Å². The molecule has 0 fully saturated rings. The highest BCUT2D eigenvalue weighted by Gasteiger charge is 2.00. The molecule has 0 bridgehead atoms. The molecule has 15 heavy (non-hydrogen) atoms. The summed E-state index contributed by atoms with van der Waals surface area (Å²) in [6.07, 6.45) is 1.83. The predicted molar refractivity (Wildman–Crippen MR) is 59.3 cm³/mol. The maximum Gasteiger partial charge on any atom is 0.140 e. The van der Waals surface area contributed by atoms with Crippen molar-refractivity contribution >= 4 is 11.3 Å². The monoisotopic (exact) mass is 221 g/mol. The summed E-state index contributed by atoms with van der Waals surface area (Å²) >= 11 is 1.61. The number of ether oxygens (including phenoxy) is 1. The number of thiazole rings is 1. The summed E-state index contributed by atoms with van der Waals surface area (Å²) in [5.74, 6) is 0.866. The molecule has 1 N–H and O–H groups in total. The van der Waals surface area contributed by atoms with Crippen LogP contribution in [0.25, 0.3) is 0 Å². The smallest absolute Gasteiger partial charge is 0.140 e. The van der Waals surface area contributed by atoms with Crippen LogP contribution in [0.15, 0.2) is 30.5 Å². The van der Waals surface area contributed by atoms with Crippen molar-refractivity contribution in [3.05, 3.63) is 40.3 Å². The predicted octanol–water partition coefficient (Wildman–Crippen LogP) is 2.74. The molecule has 1 aromatic heterocycles. The van der Waals surface area contributed by atoms with E-state index in [0.717, 1.165) is 5.01 Å². The molecule has 1 heterocycles. The lowest BCUT2D eigenvalue weighted by Gasteiger charge is -2.03. The lowest BCUT2D eigenvalue weighted by molar-refractivity contribution is 0.304. The molecule has 0 saturated carbocycles. The third kappa shape index (κ3) is 2.70. The Kier molecular flexibility index (Phi) is 2.87. The van der Waals surface area contributed by atoms with Crippen molar-refractivity contribution < 1.29 is 9.84 Å². The van der Waals surface area contributed by atoms with E-state index < -0.39 is 0 Å². The van der Waals surface area contributed by atoms with Crippen LogP contribution in [0.4, 0.5) is 0 Å². The Morgan fingerprint density at radius 1 is 1.47 bits per heavy atom. The summed E-state index contributed by atoms with van der Waals surface area (Å²) in [6, 6.07) is 6.75. The largest absolute Gasteiger partial charge is 0.508 e. The molecule has 0 aliphatic rings. The van der Waals surface area contributed by atoms with Gasteiger partial charge in [0.05, 0.1) is 0 Å². The van der Waals surface area contributed by atoms with E-state index in [9.17, 15) is 5.11 Å². The van der Waals surface area contributed by atoms with Crippen LogP contribution in [-0.4, -0.2) is 10.1 Å². The highest BCUT2D eigenvalue weighted by atomic mass is 32.1. The second kappa shape index (κ2) is 4.31. The first-order valence-electron chi connectivity index (χ1n) is 4.57. The van der Waals surface area contributed by atoms with Crippen LogP contribution in [-0.2, 0) is 6.61 Å². The van der Waals surface area contributed by atoms with Gasteiger partial charge in [0, 0.05) is 17.1 Å². The fraction of sp³-hybridized carbons (Fsp3) is 0.182. The van der Waals surface area contributed by atoms with Gasteiger partial charge in [0.2, 0.25) is 0 Å². The van der Waals surface area contributed by atoms with Crippen LogP contribution >= 0.6 is 11.3 Å². The fourth-order valence-corrected chi connectivity index (χ4v) is 1.89. The zero-order valence-corrected chi connectivity index (χ0v) is 9.12. The summed E-state index contributed by atoms with van der Waals surface area (Å²) in [4.78, 5) is 5.36. The molecule has 0 amide bonds. The van der Waals surface area contributed by atoms with Gasteiger partial charge in [0.15, 0.2) is 0 Å². The minimum Gasteiger partial charge on any atom is -0.508 e. The molecule has 0 unspecified atom stereocenters. The van der Waals surface area contributed by atoms with E-state index in [1.165, 1.54) is 4.88 Å². The molecule has 1 aromatic carbocycles. The second-order valence-electron chi connectivity index (χ2n) is 3.15. The topological polar surface area (TPSA) is 42.4 Å². The third-order valence-electron chi connectivity index (χ3n) is 1.85. The van der Waals surface area contributed by atoms with Gasteiger partial charge < -0.3 is 9.84 Å². The number of phenols is 1. The zero-order chi connectivity index (χ0) is 10.7. The second-order valence-corrected chi connectivity index (χ2v) is 4.47. The normalized spacial score (nSPS) is 10.2. The number of nitrogens with zero attached hydrogens (tertiary/aromatic N) is 1. The fourth-order valence-electron chi connectivity index (χ4n) is 1.19. The van der Waals surface area contributed by atoms with Crippen molar-refractivity contribution in [1.82, 2.24) is 4.98 Å². The number of aryl methyl sites for hydroxylation is 1. The Hall–Kier alpha value is -1.55. The molecule has 0 saturated heterocycles. The van der Waals surface area contributed by atoms with Crippen molar-refractivity contribution in [2.45, 2.75) is 13.5 Å². The first-order valence-corrected chi connectivity index (χ1v) is 5.39. The van der Waals surface area contributed by atoms with Gasteiger partial charge in [0.1, 0.15) is 23.1 Å². The minimum absolute atomic E-state index is 0.211. The number of phenolic OH excluding ortho intramolecular Hbond substituents is 1. The van der Waals surface area contributed by atoms with Gasteiger partial charge in [-0.05, 0) is 19.1 Å². The quantitative estimate of drug-likeness (QED) is 0.866. The first kappa shape index (κ1) is 9.98. The van der Waals surface area contributed by atoms with Gasteiger partial charge in [-0.25, -0.2) is 4.98 Å². The van der Waals surface area contributed by atoms with E-state index in [1.807, 2.05) is 13.1 Å². The van der Waals surface area contributed by atoms with Crippen molar-refractivity contribution in [2.24, 2.45) is 0 Å². The van der Waals surface area contributed by atoms with Crippen LogP contribution < -0.4 is 4.74 Å². The number of hydrogen-bond donors (Lipinski definition) is 1. The van der Waals surface area contributed by atoms with E-state index in [-0.39, 0.29) is 5.75 Å². The maximum atomic E-state index is 9.22. The van der Waals surface area contributed by atoms with Crippen LogP contribution in [0.5, 0.6) is 11.5 Å². The summed E-state index contributed by atoms with van der Waals surface area (Å²) in [5.41, 5.74) is 0. The summed E-state index contributed by atoms with van der Waals surface area (Å²) in [6.45, 7) is 2.46. The van der Waals surface area contributed by atoms with Gasteiger partial charge in [-0.3, -0.25) is 0 Å². The molecule has 2 rings (SSSR count). The minimum atomic E-state index is 0.211. The third-order valence-corrected chi connectivity index (χ3v) is 2.74. The molecule has 0 aliphatic carbocycles. The summed E-state index contributed by atoms with van der Waals surface area (Å²) < 4.78 is 5.47. The highest BCUT2D eigenvalue weighted by molar-refractivity contribution is 7.11. The molecule has 0 radical (unpaired) electrons. The Bertz CT molecular complexity index is 453. The van der Waals surface area contributed by atoms with Gasteiger partial charge in [-0.15, -0.1) is 11.3 Å². The van der Waals surface area contributed by atoms with E-state index in [1.54, 1.807) is 35.6 Å². The average molecular weight is 221 g/mol. The van der Waals surface area contributed by atoms with E-state index >= 15 is 0 Å². The molecule has 78 valence electrons. The molecule has 4 heteroatoms. The van der Waals surface area contributed by atoms with Crippen molar-refractivity contribution in [3.63, 3.8) is 0 Å². The van der Waals surface area contributed by atoms with Gasteiger partial charge in [0.25, 0.3) is 0 Å². The lowest BCUT2D eigenvalue weighted by Crippen LogP contribution is -1.93. The Labute approximate surface area is 92.0 Å². The number of aromatic hydroxyl groups is 1. The number of aromatic nitrogens is 1. The molecular weight excluding hydrogens is 210 g/mol. The molecule has 0 aliphatic heterocycles. The van der Waals surface area contributed by atoms with E-state index in [0.29, 0.717) is 12.4 Å². The highest BCUT2D eigenvalue weighted by Crippen LogP contribution is 2.20. The van der Waals surface area contributed by atoms with Crippen LogP contribution in [0, 0.1) is 6.92 Å². The summed E-state index contributed by atoms with van der Waals surface area (Å²) in [7, 11) is 0. The van der Waals surface area contributed by atoms with Crippen molar-refractivity contribution in [3.8, 4) is 11.5 Å². The maximum absolute atomic E-state index is 9.22. The average Bonchev–Trinajstić information content (AvgIpc) is 2.62. The van der Waals surface area contributed by atoms with E-state index in [2.05, 4.69) is 4.98 Å². The van der Waals surface area contributed by atoms with Crippen molar-refractivity contribution in [1.29, 1.82) is 0 Å². The molecule has 2 aromatic rings. The molecule has 0 atom stereocenters. The number of benzene rings is 1. The van der Waals surface area contributed by atoms with Gasteiger partial charge in [-0.2, -0.15) is 0 Å². The van der Waals surface area contributed by atoms with Crippen molar-refractivity contribution in [2.75, 3.05) is 0 Å². The molecular formula is C11H11NO2S. The number of hydrogen-bond acceptors (Lipinski definition) is 4. The number of rotatable bonds is 3. The Morgan fingerprint density at radius 3 is 3.00 bits per heavy atom. The first-order chi connectivity index (χ1) is 7.24. The zero-order valence-electron chi connectivity index (χ0n) is 8.30. The van der Waals surface area contributed by atoms with Crippen LogP contribution in [0.3, 0.4) is 0 Å². The molecule has 3 nitrogen and oxygen atoms in total. The standard InChI is InChI=1S/C11H11NO2S/c1-8-6-12-11(15-8)7-14-10-4-2-3-9(13)5-10/h2-6,13H,7H2,1H3. The summed E-state index contributed by atoms with van der Waals surface area (Å²) in [5, 5.41) is 10.2. The SMILES string of the molecule is Cc1cnc(COc2cccc(O)c2)s1. The Morgan fingerprint density at radius 2 is 2.33 bits per heavy atom. The molecule has 0 spiro atoms. The lowest BCUT2D eigenvalue weighted by atomic mass is 10.3. The van der Waals surface area contributed by atoms with Crippen LogP contribution in [0.1, 0.15) is 9.88 Å². The van der Waals surface area contributed by atoms with E-state index in [4.69, 9.17) is 4.74 Å². The Balaban J connectivity index is 1.99. The van der Waals surface area contributed by atoms with Gasteiger partial charge in [-0.1, -0.05) is 6.07 Å².